The summed E-state index contributed by atoms with van der Waals surface area (Å²) < 4.78 is 12.8. The van der Waals surface area contributed by atoms with Crippen molar-refractivity contribution in [3.8, 4) is 0 Å². The average Bonchev–Trinajstić information content (AvgIpc) is 3.03. The van der Waals surface area contributed by atoms with Gasteiger partial charge in [-0.1, -0.05) is 13.8 Å². The van der Waals surface area contributed by atoms with Crippen LogP contribution in [-0.2, 0) is 9.47 Å². The number of amides is 1. The fraction of sp³-hybridized carbons (Fsp3) is 0.615. The molecule has 0 N–H and O–H groups in total. The van der Waals surface area contributed by atoms with Crippen LogP contribution in [0.5, 0.6) is 0 Å². The van der Waals surface area contributed by atoms with Crippen molar-refractivity contribution in [2.75, 3.05) is 31.1 Å². The Labute approximate surface area is 197 Å². The number of rotatable bonds is 2. The van der Waals surface area contributed by atoms with Gasteiger partial charge in [-0.15, -0.1) is 0 Å². The maximum Gasteiger partial charge on any atom is 0.419 e. The SMILES string of the molecule is Cc1cc2c(cc1N1CCN(C(=O)OC(C)(C)C)CC1)c(C(C)C)cn2C(=O)OC(C)(C)C. The van der Waals surface area contributed by atoms with Crippen molar-refractivity contribution in [3.63, 3.8) is 0 Å². The average molecular weight is 458 g/mol. The summed E-state index contributed by atoms with van der Waals surface area (Å²) in [5.41, 5.74) is 3.14. The number of anilines is 1. The summed E-state index contributed by atoms with van der Waals surface area (Å²) in [5.74, 6) is 0.260. The molecule has 0 spiro atoms. The zero-order chi connectivity index (χ0) is 24.7. The molecule has 1 aliphatic rings. The topological polar surface area (TPSA) is 64.0 Å². The molecule has 0 saturated carbocycles. The van der Waals surface area contributed by atoms with Gasteiger partial charge in [0.1, 0.15) is 11.2 Å². The molecule has 1 fully saturated rings. The number of fused-ring (bicyclic) bond motifs is 1. The standard InChI is InChI=1S/C26H39N3O4/c1-17(2)20-16-29(24(31)33-26(7,8)9)22-14-18(3)21(15-19(20)22)27-10-12-28(13-11-27)23(30)32-25(4,5)6/h14-17H,10-13H2,1-9H3. The highest BCUT2D eigenvalue weighted by molar-refractivity contribution is 5.95. The lowest BCUT2D eigenvalue weighted by molar-refractivity contribution is 0.0240. The van der Waals surface area contributed by atoms with E-state index in [0.29, 0.717) is 13.1 Å². The van der Waals surface area contributed by atoms with Gasteiger partial charge in [-0.3, -0.25) is 4.57 Å². The summed E-state index contributed by atoms with van der Waals surface area (Å²) in [4.78, 5) is 29.4. The molecule has 3 rings (SSSR count). The van der Waals surface area contributed by atoms with Gasteiger partial charge in [-0.25, -0.2) is 9.59 Å². The summed E-state index contributed by atoms with van der Waals surface area (Å²) >= 11 is 0. The molecular formula is C26H39N3O4. The van der Waals surface area contributed by atoms with Crippen molar-refractivity contribution in [2.24, 2.45) is 0 Å². The Bertz CT molecular complexity index is 1030. The Balaban J connectivity index is 1.89. The van der Waals surface area contributed by atoms with Crippen LogP contribution in [0.2, 0.25) is 0 Å². The maximum absolute atomic E-state index is 12.9. The largest absolute Gasteiger partial charge is 0.444 e. The van der Waals surface area contributed by atoms with Crippen LogP contribution in [0.4, 0.5) is 15.3 Å². The molecule has 1 aromatic carbocycles. The number of carbonyl (C=O) groups is 2. The lowest BCUT2D eigenvalue weighted by atomic mass is 10.0. The summed E-state index contributed by atoms with van der Waals surface area (Å²) in [6.07, 6.45) is 1.29. The first-order chi connectivity index (χ1) is 15.2. The van der Waals surface area contributed by atoms with Crippen molar-refractivity contribution in [3.05, 3.63) is 29.5 Å². The van der Waals surface area contributed by atoms with Crippen molar-refractivity contribution >= 4 is 28.8 Å². The molecule has 33 heavy (non-hydrogen) atoms. The monoisotopic (exact) mass is 457 g/mol. The summed E-state index contributed by atoms with van der Waals surface area (Å²) in [5, 5.41) is 1.06. The number of hydrogen-bond donors (Lipinski definition) is 0. The fourth-order valence-electron chi connectivity index (χ4n) is 4.11. The minimum absolute atomic E-state index is 0.258. The number of carbonyl (C=O) groups excluding carboxylic acids is 2. The molecule has 2 aromatic rings. The van der Waals surface area contributed by atoms with Gasteiger partial charge in [0.05, 0.1) is 5.52 Å². The van der Waals surface area contributed by atoms with E-state index in [-0.39, 0.29) is 18.1 Å². The van der Waals surface area contributed by atoms with E-state index in [1.165, 1.54) is 0 Å². The van der Waals surface area contributed by atoms with Crippen LogP contribution >= 0.6 is 0 Å². The number of ether oxygens (including phenoxy) is 2. The highest BCUT2D eigenvalue weighted by atomic mass is 16.6. The predicted molar refractivity (Wildman–Crippen MR) is 132 cm³/mol. The minimum Gasteiger partial charge on any atom is -0.444 e. The quantitative estimate of drug-likeness (QED) is 0.561. The molecule has 182 valence electrons. The van der Waals surface area contributed by atoms with E-state index < -0.39 is 11.2 Å². The van der Waals surface area contributed by atoms with Gasteiger partial charge < -0.3 is 19.3 Å². The molecule has 0 aliphatic carbocycles. The van der Waals surface area contributed by atoms with E-state index in [1.807, 2.05) is 47.7 Å². The van der Waals surface area contributed by atoms with Crippen LogP contribution in [0, 0.1) is 6.92 Å². The number of piperazine rings is 1. The molecule has 1 aromatic heterocycles. The predicted octanol–water partition coefficient (Wildman–Crippen LogP) is 5.91. The molecule has 1 amide bonds. The van der Waals surface area contributed by atoms with Gasteiger partial charge in [0.2, 0.25) is 0 Å². The van der Waals surface area contributed by atoms with Gasteiger partial charge in [0.15, 0.2) is 0 Å². The van der Waals surface area contributed by atoms with E-state index in [0.717, 1.165) is 40.8 Å². The Hall–Kier alpha value is -2.70. The van der Waals surface area contributed by atoms with Gasteiger partial charge in [-0.2, -0.15) is 0 Å². The van der Waals surface area contributed by atoms with E-state index >= 15 is 0 Å². The zero-order valence-corrected chi connectivity index (χ0v) is 21.6. The Morgan fingerprint density at radius 1 is 0.879 bits per heavy atom. The van der Waals surface area contributed by atoms with Crippen LogP contribution in [0.3, 0.4) is 0 Å². The third kappa shape index (κ3) is 5.81. The molecule has 2 heterocycles. The van der Waals surface area contributed by atoms with Gasteiger partial charge in [-0.05, 0) is 77.6 Å². The van der Waals surface area contributed by atoms with Crippen molar-refractivity contribution in [1.82, 2.24) is 9.47 Å². The first kappa shape index (κ1) is 24.9. The van der Waals surface area contributed by atoms with Crippen LogP contribution in [0.15, 0.2) is 18.3 Å². The van der Waals surface area contributed by atoms with Crippen LogP contribution in [0.25, 0.3) is 10.9 Å². The summed E-state index contributed by atoms with van der Waals surface area (Å²) in [7, 11) is 0. The summed E-state index contributed by atoms with van der Waals surface area (Å²) in [6.45, 7) is 20.3. The van der Waals surface area contributed by atoms with E-state index in [9.17, 15) is 9.59 Å². The van der Waals surface area contributed by atoms with Crippen LogP contribution in [0.1, 0.15) is 72.4 Å². The Kier molecular flexibility index (Phi) is 6.74. The van der Waals surface area contributed by atoms with E-state index in [4.69, 9.17) is 9.47 Å². The molecule has 0 radical (unpaired) electrons. The molecule has 1 saturated heterocycles. The van der Waals surface area contributed by atoms with Crippen molar-refractivity contribution in [1.29, 1.82) is 0 Å². The second-order valence-electron chi connectivity index (χ2n) is 11.2. The van der Waals surface area contributed by atoms with E-state index in [1.54, 1.807) is 9.47 Å². The zero-order valence-electron chi connectivity index (χ0n) is 21.6. The highest BCUT2D eigenvalue weighted by Crippen LogP contribution is 2.34. The Morgan fingerprint density at radius 3 is 1.94 bits per heavy atom. The van der Waals surface area contributed by atoms with E-state index in [2.05, 4.69) is 37.8 Å². The Morgan fingerprint density at radius 2 is 1.42 bits per heavy atom. The molecule has 0 bridgehead atoms. The second-order valence-corrected chi connectivity index (χ2v) is 11.2. The first-order valence-electron chi connectivity index (χ1n) is 11.8. The molecule has 7 heteroatoms. The third-order valence-corrected chi connectivity index (χ3v) is 5.64. The maximum atomic E-state index is 12.9. The van der Waals surface area contributed by atoms with Crippen LogP contribution < -0.4 is 4.90 Å². The van der Waals surface area contributed by atoms with Gasteiger partial charge >= 0.3 is 12.2 Å². The first-order valence-corrected chi connectivity index (χ1v) is 11.8. The molecular weight excluding hydrogens is 418 g/mol. The number of nitrogens with zero attached hydrogens (tertiary/aromatic N) is 3. The number of aromatic nitrogens is 1. The number of hydrogen-bond acceptors (Lipinski definition) is 5. The fourth-order valence-corrected chi connectivity index (χ4v) is 4.11. The minimum atomic E-state index is -0.561. The summed E-state index contributed by atoms with van der Waals surface area (Å²) in [6, 6.07) is 4.25. The van der Waals surface area contributed by atoms with Crippen LogP contribution in [-0.4, -0.2) is 59.0 Å². The lowest BCUT2D eigenvalue weighted by Crippen LogP contribution is -2.50. The molecule has 0 unspecified atom stereocenters. The lowest BCUT2D eigenvalue weighted by Gasteiger charge is -2.37. The van der Waals surface area contributed by atoms with Crippen molar-refractivity contribution < 1.29 is 19.1 Å². The molecule has 0 atom stereocenters. The second kappa shape index (κ2) is 8.92. The molecule has 1 aliphatic heterocycles. The highest BCUT2D eigenvalue weighted by Gasteiger charge is 2.28. The van der Waals surface area contributed by atoms with Gasteiger partial charge in [0, 0.05) is 43.4 Å². The van der Waals surface area contributed by atoms with Gasteiger partial charge in [0.25, 0.3) is 0 Å². The molecule has 7 nitrogen and oxygen atoms in total. The normalized spacial score (nSPS) is 15.3. The third-order valence-electron chi connectivity index (χ3n) is 5.64. The number of benzene rings is 1. The number of aryl methyl sites for hydroxylation is 1. The van der Waals surface area contributed by atoms with Crippen molar-refractivity contribution in [2.45, 2.75) is 79.4 Å². The smallest absolute Gasteiger partial charge is 0.419 e.